The summed E-state index contributed by atoms with van der Waals surface area (Å²) >= 11 is 5.98. The number of carbonyl (C=O) groups excluding carboxylic acids is 2. The van der Waals surface area contributed by atoms with Gasteiger partial charge in [-0.2, -0.15) is 0 Å². The minimum atomic E-state index is -0.203. The van der Waals surface area contributed by atoms with Gasteiger partial charge in [0.25, 0.3) is 5.91 Å². The smallest absolute Gasteiger partial charge is 0.253 e. The van der Waals surface area contributed by atoms with Gasteiger partial charge >= 0.3 is 0 Å². The van der Waals surface area contributed by atoms with Crippen LogP contribution in [0.4, 0.5) is 5.69 Å². The van der Waals surface area contributed by atoms with Gasteiger partial charge in [0.15, 0.2) is 0 Å². The number of benzene rings is 1. The summed E-state index contributed by atoms with van der Waals surface area (Å²) in [4.78, 5) is 24.4. The van der Waals surface area contributed by atoms with Crippen LogP contribution in [0.1, 0.15) is 30.1 Å². The van der Waals surface area contributed by atoms with E-state index in [1.54, 1.807) is 25.2 Å². The highest BCUT2D eigenvalue weighted by Crippen LogP contribution is 2.28. The van der Waals surface area contributed by atoms with Gasteiger partial charge in [-0.3, -0.25) is 9.59 Å². The predicted molar refractivity (Wildman–Crippen MR) is 95.5 cm³/mol. The first-order valence-electron chi connectivity index (χ1n) is 7.54. The van der Waals surface area contributed by atoms with Crippen molar-refractivity contribution in [3.8, 4) is 0 Å². The molecule has 2 amide bonds. The second-order valence-corrected chi connectivity index (χ2v) is 6.23. The third kappa shape index (κ3) is 6.01. The maximum absolute atomic E-state index is 12.3. The standard InChI is InChI=1S/C16H22ClN3O2.ClH/c1-10(8-18-2)15(21)20-14-6-5-12(17)7-13(14)16(22)19-9-11-3-4-11;/h5-7,10-11,18H,3-4,8-9H2,1-2H3,(H,19,22)(H,20,21);1H. The van der Waals surface area contributed by atoms with Gasteiger partial charge in [-0.1, -0.05) is 18.5 Å². The van der Waals surface area contributed by atoms with Gasteiger partial charge in [-0.15, -0.1) is 12.4 Å². The fourth-order valence-corrected chi connectivity index (χ4v) is 2.29. The Morgan fingerprint density at radius 2 is 2.04 bits per heavy atom. The molecule has 1 aromatic rings. The highest BCUT2D eigenvalue weighted by Gasteiger charge is 2.23. The zero-order chi connectivity index (χ0) is 16.1. The van der Waals surface area contributed by atoms with E-state index in [0.29, 0.717) is 35.3 Å². The molecule has 0 aliphatic heterocycles. The lowest BCUT2D eigenvalue weighted by atomic mass is 10.1. The van der Waals surface area contributed by atoms with Crippen LogP contribution in [0.5, 0.6) is 0 Å². The van der Waals surface area contributed by atoms with Gasteiger partial charge in [0.1, 0.15) is 0 Å². The normalized spacial score (nSPS) is 14.6. The van der Waals surface area contributed by atoms with Gasteiger partial charge in [-0.25, -0.2) is 0 Å². The molecule has 1 atom stereocenters. The fourth-order valence-electron chi connectivity index (χ4n) is 2.12. The number of hydrogen-bond donors (Lipinski definition) is 3. The van der Waals surface area contributed by atoms with Crippen LogP contribution in [-0.2, 0) is 4.79 Å². The molecule has 3 N–H and O–H groups in total. The average Bonchev–Trinajstić information content (AvgIpc) is 3.31. The predicted octanol–water partition coefficient (Wildman–Crippen LogP) is 2.70. The van der Waals surface area contributed by atoms with Crippen molar-refractivity contribution in [1.29, 1.82) is 0 Å². The number of rotatable bonds is 7. The maximum Gasteiger partial charge on any atom is 0.253 e. The minimum absolute atomic E-state index is 0. The topological polar surface area (TPSA) is 70.2 Å². The molecule has 1 aliphatic carbocycles. The Labute approximate surface area is 148 Å². The van der Waals surface area contributed by atoms with E-state index < -0.39 is 0 Å². The maximum atomic E-state index is 12.3. The van der Waals surface area contributed by atoms with Crippen LogP contribution < -0.4 is 16.0 Å². The summed E-state index contributed by atoms with van der Waals surface area (Å²) in [6.07, 6.45) is 2.34. The Morgan fingerprint density at radius 3 is 2.65 bits per heavy atom. The molecule has 7 heteroatoms. The zero-order valence-electron chi connectivity index (χ0n) is 13.3. The van der Waals surface area contributed by atoms with Crippen molar-refractivity contribution in [2.24, 2.45) is 11.8 Å². The number of carbonyl (C=O) groups is 2. The second-order valence-electron chi connectivity index (χ2n) is 5.79. The lowest BCUT2D eigenvalue weighted by molar-refractivity contribution is -0.119. The SMILES string of the molecule is CNCC(C)C(=O)Nc1ccc(Cl)cc1C(=O)NCC1CC1.Cl. The molecule has 0 aromatic heterocycles. The number of amides is 2. The number of halogens is 2. The molecule has 5 nitrogen and oxygen atoms in total. The van der Waals surface area contributed by atoms with Crippen molar-refractivity contribution in [1.82, 2.24) is 10.6 Å². The monoisotopic (exact) mass is 359 g/mol. The van der Waals surface area contributed by atoms with E-state index in [-0.39, 0.29) is 30.1 Å². The summed E-state index contributed by atoms with van der Waals surface area (Å²) in [5, 5.41) is 9.13. The first kappa shape index (κ1) is 19.7. The zero-order valence-corrected chi connectivity index (χ0v) is 14.9. The second kappa shape index (κ2) is 9.11. The Kier molecular flexibility index (Phi) is 7.82. The minimum Gasteiger partial charge on any atom is -0.352 e. The lowest BCUT2D eigenvalue weighted by Crippen LogP contribution is -2.30. The van der Waals surface area contributed by atoms with Crippen molar-refractivity contribution < 1.29 is 9.59 Å². The first-order valence-corrected chi connectivity index (χ1v) is 7.92. The van der Waals surface area contributed by atoms with E-state index in [4.69, 9.17) is 11.6 Å². The van der Waals surface area contributed by atoms with E-state index >= 15 is 0 Å². The van der Waals surface area contributed by atoms with Gasteiger partial charge in [0.05, 0.1) is 11.3 Å². The molecule has 0 spiro atoms. The molecular weight excluding hydrogens is 337 g/mol. The van der Waals surface area contributed by atoms with Crippen LogP contribution in [0.3, 0.4) is 0 Å². The summed E-state index contributed by atoms with van der Waals surface area (Å²) in [7, 11) is 1.79. The number of anilines is 1. The van der Waals surface area contributed by atoms with Crippen molar-refractivity contribution in [3.63, 3.8) is 0 Å². The summed E-state index contributed by atoms with van der Waals surface area (Å²) in [6, 6.07) is 4.91. The third-order valence-corrected chi connectivity index (χ3v) is 3.93. The van der Waals surface area contributed by atoms with Crippen LogP contribution in [-0.4, -0.2) is 32.0 Å². The van der Waals surface area contributed by atoms with Crippen molar-refractivity contribution in [2.45, 2.75) is 19.8 Å². The molecule has 0 saturated heterocycles. The lowest BCUT2D eigenvalue weighted by Gasteiger charge is -2.15. The highest BCUT2D eigenvalue weighted by molar-refractivity contribution is 6.31. The molecule has 0 heterocycles. The molecule has 1 saturated carbocycles. The van der Waals surface area contributed by atoms with Crippen LogP contribution in [0.25, 0.3) is 0 Å². The van der Waals surface area contributed by atoms with E-state index in [1.165, 1.54) is 12.8 Å². The molecule has 128 valence electrons. The van der Waals surface area contributed by atoms with Gasteiger partial charge in [0.2, 0.25) is 5.91 Å². The first-order chi connectivity index (χ1) is 10.5. The summed E-state index contributed by atoms with van der Waals surface area (Å²) < 4.78 is 0. The molecule has 1 fully saturated rings. The van der Waals surface area contributed by atoms with Crippen LogP contribution in [0.15, 0.2) is 18.2 Å². The molecule has 0 bridgehead atoms. The molecule has 2 rings (SSSR count). The third-order valence-electron chi connectivity index (χ3n) is 3.69. The van der Waals surface area contributed by atoms with Gasteiger partial charge in [-0.05, 0) is 44.0 Å². The highest BCUT2D eigenvalue weighted by atomic mass is 35.5. The van der Waals surface area contributed by atoms with Crippen molar-refractivity contribution in [3.05, 3.63) is 28.8 Å². The average molecular weight is 360 g/mol. The van der Waals surface area contributed by atoms with E-state index in [9.17, 15) is 9.59 Å². The summed E-state index contributed by atoms with van der Waals surface area (Å²) in [5.74, 6) is 0.0683. The molecular formula is C16H23Cl2N3O2. The Hall–Kier alpha value is -1.30. The van der Waals surface area contributed by atoms with E-state index in [1.807, 2.05) is 6.92 Å². The number of nitrogens with one attached hydrogen (secondary N) is 3. The van der Waals surface area contributed by atoms with Crippen LogP contribution in [0, 0.1) is 11.8 Å². The van der Waals surface area contributed by atoms with E-state index in [0.717, 1.165) is 0 Å². The van der Waals surface area contributed by atoms with Gasteiger partial charge < -0.3 is 16.0 Å². The molecule has 1 aliphatic rings. The van der Waals surface area contributed by atoms with Gasteiger partial charge in [0, 0.05) is 24.0 Å². The van der Waals surface area contributed by atoms with Crippen LogP contribution >= 0.6 is 24.0 Å². The summed E-state index contributed by atoms with van der Waals surface area (Å²) in [5.41, 5.74) is 0.892. The van der Waals surface area contributed by atoms with Crippen molar-refractivity contribution in [2.75, 3.05) is 25.5 Å². The molecule has 1 unspecified atom stereocenters. The fraction of sp³-hybridized carbons (Fsp3) is 0.500. The molecule has 23 heavy (non-hydrogen) atoms. The Balaban J connectivity index is 0.00000264. The molecule has 1 aromatic carbocycles. The largest absolute Gasteiger partial charge is 0.352 e. The van der Waals surface area contributed by atoms with E-state index in [2.05, 4.69) is 16.0 Å². The Morgan fingerprint density at radius 1 is 1.35 bits per heavy atom. The number of hydrogen-bond acceptors (Lipinski definition) is 3. The summed E-state index contributed by atoms with van der Waals surface area (Å²) in [6.45, 7) is 3.08. The molecule has 0 radical (unpaired) electrons. The quantitative estimate of drug-likeness (QED) is 0.700. The van der Waals surface area contributed by atoms with Crippen LogP contribution in [0.2, 0.25) is 5.02 Å². The Bertz CT molecular complexity index is 562. The van der Waals surface area contributed by atoms with Crippen molar-refractivity contribution >= 4 is 41.5 Å².